The number of aryl methyl sites for hydroxylation is 1. The molecule has 0 saturated carbocycles. The number of anilines is 1. The van der Waals surface area contributed by atoms with Gasteiger partial charge in [0, 0.05) is 22.5 Å². The van der Waals surface area contributed by atoms with Gasteiger partial charge in [-0.2, -0.15) is 9.67 Å². The van der Waals surface area contributed by atoms with Crippen LogP contribution in [0.5, 0.6) is 0 Å². The minimum absolute atomic E-state index is 0.0610. The number of thioether (sulfide) groups is 1. The van der Waals surface area contributed by atoms with Gasteiger partial charge in [0.15, 0.2) is 0 Å². The van der Waals surface area contributed by atoms with Crippen molar-refractivity contribution in [3.05, 3.63) is 81.2 Å². The van der Waals surface area contributed by atoms with Gasteiger partial charge in [-0.25, -0.2) is 4.98 Å². The highest BCUT2D eigenvalue weighted by Gasteiger charge is 2.10. The van der Waals surface area contributed by atoms with E-state index in [1.54, 1.807) is 10.7 Å². The molecule has 162 valence electrons. The van der Waals surface area contributed by atoms with E-state index in [-0.39, 0.29) is 17.5 Å². The summed E-state index contributed by atoms with van der Waals surface area (Å²) in [6.45, 7) is 1.90. The van der Waals surface area contributed by atoms with Crippen molar-refractivity contribution in [3.63, 3.8) is 0 Å². The molecule has 4 aromatic rings. The van der Waals surface area contributed by atoms with E-state index in [4.69, 9.17) is 17.3 Å². The lowest BCUT2D eigenvalue weighted by Crippen LogP contribution is -2.22. The summed E-state index contributed by atoms with van der Waals surface area (Å²) < 4.78 is 1.62. The van der Waals surface area contributed by atoms with Crippen LogP contribution in [0.4, 0.5) is 11.6 Å². The van der Waals surface area contributed by atoms with Gasteiger partial charge in [0.25, 0.3) is 5.56 Å². The van der Waals surface area contributed by atoms with E-state index >= 15 is 0 Å². The van der Waals surface area contributed by atoms with E-state index in [1.165, 1.54) is 17.8 Å². The summed E-state index contributed by atoms with van der Waals surface area (Å²) in [6, 6.07) is 16.3. The van der Waals surface area contributed by atoms with Crippen molar-refractivity contribution in [2.45, 2.75) is 17.8 Å². The molecule has 2 aromatic carbocycles. The lowest BCUT2D eigenvalue weighted by molar-refractivity contribution is 0.756. The van der Waals surface area contributed by atoms with Gasteiger partial charge >= 0.3 is 0 Å². The molecule has 4 N–H and O–H groups in total. The van der Waals surface area contributed by atoms with Crippen molar-refractivity contribution in [1.82, 2.24) is 30.2 Å². The first kappa shape index (κ1) is 21.5. The van der Waals surface area contributed by atoms with Gasteiger partial charge in [-0.3, -0.25) is 9.78 Å². The number of benzene rings is 2. The maximum atomic E-state index is 12.1. The molecule has 0 radical (unpaired) electrons. The molecule has 0 bridgehead atoms. The number of aliphatic imine (C=N–C) groups is 1. The van der Waals surface area contributed by atoms with Gasteiger partial charge in [0.2, 0.25) is 17.1 Å². The van der Waals surface area contributed by atoms with Gasteiger partial charge in [-0.15, -0.1) is 5.10 Å². The van der Waals surface area contributed by atoms with E-state index in [2.05, 4.69) is 35.8 Å². The maximum absolute atomic E-state index is 12.1. The first-order valence-electron chi connectivity index (χ1n) is 9.42. The number of para-hydroxylation sites is 1. The monoisotopic (exact) mass is 467 g/mol. The van der Waals surface area contributed by atoms with Crippen LogP contribution in [0.1, 0.15) is 11.3 Å². The maximum Gasteiger partial charge on any atom is 0.252 e. The number of nitrogens with two attached hydrogens (primary N) is 1. The third kappa shape index (κ3) is 5.31. The number of nitrogens with one attached hydrogen (secondary N) is 2. The highest BCUT2D eigenvalue weighted by molar-refractivity contribution is 7.98. The fourth-order valence-electron chi connectivity index (χ4n) is 2.72. The average Bonchev–Trinajstić information content (AvgIpc) is 3.24. The molecular weight excluding hydrogens is 450 g/mol. The molecule has 0 saturated heterocycles. The van der Waals surface area contributed by atoms with Crippen LogP contribution in [0.3, 0.4) is 0 Å². The second kappa shape index (κ2) is 9.62. The Morgan fingerprint density at radius 1 is 1.25 bits per heavy atom. The molecule has 0 amide bonds. The van der Waals surface area contributed by atoms with Crippen LogP contribution in [-0.4, -0.2) is 36.1 Å². The largest absolute Gasteiger partial charge is 0.369 e. The number of halogens is 1. The Labute approximate surface area is 191 Å². The number of guanidine groups is 1. The summed E-state index contributed by atoms with van der Waals surface area (Å²) in [5, 5.41) is 15.9. The summed E-state index contributed by atoms with van der Waals surface area (Å²) >= 11 is 7.47. The molecule has 12 heteroatoms. The molecular formula is C20H18ClN9OS. The van der Waals surface area contributed by atoms with Crippen LogP contribution in [0.25, 0.3) is 5.69 Å². The standard InChI is InChI=1S/C20H18ClN9OS/c1-12-7-8-13(9-16(12)21)23-18(22)26-19-24-14(10-17(31)25-19)11-32-20-27-28-29-30(20)15-5-3-2-4-6-15/h2-10H,11H2,1H3,(H4,22,23,24,25,26,31). The average molecular weight is 468 g/mol. The Hall–Kier alpha value is -3.70. The number of hydrogen-bond acceptors (Lipinski definition) is 7. The molecule has 0 aliphatic carbocycles. The summed E-state index contributed by atoms with van der Waals surface area (Å²) in [6.07, 6.45) is 0. The number of aromatic amines is 1. The summed E-state index contributed by atoms with van der Waals surface area (Å²) in [7, 11) is 0. The van der Waals surface area contributed by atoms with Crippen molar-refractivity contribution in [3.8, 4) is 5.69 Å². The minimum atomic E-state index is -0.344. The van der Waals surface area contributed by atoms with E-state index < -0.39 is 0 Å². The number of H-pyrrole nitrogens is 1. The number of tetrazole rings is 1. The number of hydrogen-bond donors (Lipinski definition) is 3. The zero-order valence-corrected chi connectivity index (χ0v) is 18.4. The molecule has 4 rings (SSSR count). The van der Waals surface area contributed by atoms with Crippen molar-refractivity contribution in [2.75, 3.05) is 5.32 Å². The van der Waals surface area contributed by atoms with Crippen LogP contribution in [-0.2, 0) is 5.75 Å². The molecule has 0 unspecified atom stereocenters. The van der Waals surface area contributed by atoms with Crippen molar-refractivity contribution in [2.24, 2.45) is 10.7 Å². The van der Waals surface area contributed by atoms with E-state index in [0.29, 0.717) is 27.3 Å². The third-order valence-corrected chi connectivity index (χ3v) is 5.60. The Balaban J connectivity index is 1.49. The smallest absolute Gasteiger partial charge is 0.252 e. The fourth-order valence-corrected chi connectivity index (χ4v) is 3.68. The molecule has 0 aliphatic rings. The van der Waals surface area contributed by atoms with Crippen LogP contribution < -0.4 is 16.6 Å². The van der Waals surface area contributed by atoms with Gasteiger partial charge in [-0.1, -0.05) is 47.6 Å². The molecule has 2 aromatic heterocycles. The topological polar surface area (TPSA) is 140 Å². The van der Waals surface area contributed by atoms with Crippen molar-refractivity contribution >= 4 is 41.0 Å². The zero-order chi connectivity index (χ0) is 22.5. The molecule has 0 aliphatic heterocycles. The fraction of sp³-hybridized carbons (Fsp3) is 0.100. The normalized spacial score (nSPS) is 11.5. The number of aromatic nitrogens is 6. The van der Waals surface area contributed by atoms with Crippen LogP contribution in [0.15, 0.2) is 69.5 Å². The molecule has 0 atom stereocenters. The molecule has 0 fully saturated rings. The summed E-state index contributed by atoms with van der Waals surface area (Å²) in [5.41, 5.74) is 8.57. The Bertz CT molecular complexity index is 1320. The third-order valence-electron chi connectivity index (χ3n) is 4.24. The van der Waals surface area contributed by atoms with Crippen LogP contribution in [0.2, 0.25) is 5.02 Å². The lowest BCUT2D eigenvalue weighted by atomic mass is 10.2. The Morgan fingerprint density at radius 3 is 2.84 bits per heavy atom. The Kier molecular flexibility index (Phi) is 6.47. The Morgan fingerprint density at radius 2 is 2.06 bits per heavy atom. The molecule has 10 nitrogen and oxygen atoms in total. The first-order valence-corrected chi connectivity index (χ1v) is 10.8. The van der Waals surface area contributed by atoms with Gasteiger partial charge in [0.1, 0.15) is 0 Å². The second-order valence-electron chi connectivity index (χ2n) is 6.64. The number of rotatable bonds is 6. The van der Waals surface area contributed by atoms with Crippen LogP contribution in [0, 0.1) is 6.92 Å². The van der Waals surface area contributed by atoms with E-state index in [0.717, 1.165) is 11.3 Å². The molecule has 2 heterocycles. The zero-order valence-electron chi connectivity index (χ0n) is 16.9. The van der Waals surface area contributed by atoms with Gasteiger partial charge < -0.3 is 11.1 Å². The summed E-state index contributed by atoms with van der Waals surface area (Å²) in [4.78, 5) is 23.2. The lowest BCUT2D eigenvalue weighted by Gasteiger charge is -2.07. The molecule has 0 spiro atoms. The quantitative estimate of drug-likeness (QED) is 0.223. The van der Waals surface area contributed by atoms with Gasteiger partial charge in [-0.05, 0) is 47.2 Å². The van der Waals surface area contributed by atoms with Gasteiger partial charge in [0.05, 0.1) is 11.4 Å². The van der Waals surface area contributed by atoms with Crippen molar-refractivity contribution < 1.29 is 0 Å². The predicted molar refractivity (Wildman–Crippen MR) is 125 cm³/mol. The van der Waals surface area contributed by atoms with E-state index in [1.807, 2.05) is 49.4 Å². The first-order chi connectivity index (χ1) is 15.5. The predicted octanol–water partition coefficient (Wildman–Crippen LogP) is 3.06. The molecule has 32 heavy (non-hydrogen) atoms. The van der Waals surface area contributed by atoms with E-state index in [9.17, 15) is 4.79 Å². The second-order valence-corrected chi connectivity index (χ2v) is 7.99. The highest BCUT2D eigenvalue weighted by atomic mass is 35.5. The number of nitrogens with zero attached hydrogens (tertiary/aromatic N) is 6. The minimum Gasteiger partial charge on any atom is -0.369 e. The summed E-state index contributed by atoms with van der Waals surface area (Å²) in [5.74, 6) is 0.505. The highest BCUT2D eigenvalue weighted by Crippen LogP contribution is 2.22. The SMILES string of the molecule is Cc1ccc(NC(N)=Nc2nc(CSc3nnnn3-c3ccccc3)cc(=O)[nH]2)cc1Cl. The van der Waals surface area contributed by atoms with Crippen LogP contribution >= 0.6 is 23.4 Å². The van der Waals surface area contributed by atoms with Crippen molar-refractivity contribution in [1.29, 1.82) is 0 Å².